The van der Waals surface area contributed by atoms with Crippen LogP contribution in [0.25, 0.3) is 28.0 Å². The molecule has 0 saturated carbocycles. The van der Waals surface area contributed by atoms with Crippen LogP contribution in [-0.2, 0) is 0 Å². The lowest BCUT2D eigenvalue weighted by molar-refractivity contribution is 0.947. The van der Waals surface area contributed by atoms with Crippen molar-refractivity contribution in [3.05, 3.63) is 66.6 Å². The lowest BCUT2D eigenvalue weighted by atomic mass is 10.0. The first kappa shape index (κ1) is 13.5. The van der Waals surface area contributed by atoms with E-state index in [-0.39, 0.29) is 0 Å². The zero-order valence-corrected chi connectivity index (χ0v) is 12.6. The van der Waals surface area contributed by atoms with Crippen molar-refractivity contribution in [2.45, 2.75) is 6.92 Å². The van der Waals surface area contributed by atoms with Crippen molar-refractivity contribution in [1.82, 2.24) is 19.6 Å². The lowest BCUT2D eigenvalue weighted by Crippen LogP contribution is -1.93. The maximum Gasteiger partial charge on any atom is 0.166 e. The third-order valence-electron chi connectivity index (χ3n) is 3.88. The van der Waals surface area contributed by atoms with Crippen molar-refractivity contribution in [2.24, 2.45) is 0 Å². The van der Waals surface area contributed by atoms with Gasteiger partial charge in [-0.25, -0.2) is 9.50 Å². The largest absolute Gasteiger partial charge is 0.382 e. The van der Waals surface area contributed by atoms with Gasteiger partial charge in [-0.15, -0.1) is 5.10 Å². The molecule has 1 aromatic carbocycles. The van der Waals surface area contributed by atoms with Crippen LogP contribution in [0.15, 0.2) is 61.1 Å². The Morgan fingerprint density at radius 1 is 1.00 bits per heavy atom. The van der Waals surface area contributed by atoms with E-state index in [4.69, 9.17) is 5.73 Å². The van der Waals surface area contributed by atoms with E-state index in [0.717, 1.165) is 22.4 Å². The number of pyridine rings is 1. The molecule has 5 nitrogen and oxygen atoms in total. The van der Waals surface area contributed by atoms with Crippen LogP contribution in [0.4, 0.5) is 5.82 Å². The highest BCUT2D eigenvalue weighted by Gasteiger charge is 2.15. The number of nitrogen functional groups attached to an aromatic ring is 1. The van der Waals surface area contributed by atoms with Gasteiger partial charge in [0.2, 0.25) is 0 Å². The van der Waals surface area contributed by atoms with Crippen LogP contribution in [-0.4, -0.2) is 19.6 Å². The first-order valence-corrected chi connectivity index (χ1v) is 7.35. The van der Waals surface area contributed by atoms with Gasteiger partial charge in [0.15, 0.2) is 11.5 Å². The molecular formula is C18H15N5. The molecule has 0 radical (unpaired) electrons. The van der Waals surface area contributed by atoms with Gasteiger partial charge in [-0.3, -0.25) is 4.98 Å². The molecule has 3 heterocycles. The Morgan fingerprint density at radius 2 is 1.83 bits per heavy atom. The van der Waals surface area contributed by atoms with Crippen LogP contribution in [0.3, 0.4) is 0 Å². The van der Waals surface area contributed by atoms with Crippen LogP contribution in [0.2, 0.25) is 0 Å². The maximum absolute atomic E-state index is 6.09. The van der Waals surface area contributed by atoms with Gasteiger partial charge < -0.3 is 5.73 Å². The molecule has 0 unspecified atom stereocenters. The van der Waals surface area contributed by atoms with E-state index in [1.165, 1.54) is 5.56 Å². The van der Waals surface area contributed by atoms with Gasteiger partial charge in [0.25, 0.3) is 0 Å². The van der Waals surface area contributed by atoms with Gasteiger partial charge in [0, 0.05) is 24.2 Å². The summed E-state index contributed by atoms with van der Waals surface area (Å²) >= 11 is 0. The summed E-state index contributed by atoms with van der Waals surface area (Å²) in [5, 5.41) is 4.40. The minimum Gasteiger partial charge on any atom is -0.382 e. The first-order chi connectivity index (χ1) is 11.2. The zero-order chi connectivity index (χ0) is 15.8. The van der Waals surface area contributed by atoms with Gasteiger partial charge >= 0.3 is 0 Å². The van der Waals surface area contributed by atoms with E-state index in [2.05, 4.69) is 34.1 Å². The quantitative estimate of drug-likeness (QED) is 0.616. The van der Waals surface area contributed by atoms with Gasteiger partial charge in [-0.2, -0.15) is 0 Å². The van der Waals surface area contributed by atoms with Gasteiger partial charge in [0.1, 0.15) is 0 Å². The van der Waals surface area contributed by atoms with E-state index >= 15 is 0 Å². The van der Waals surface area contributed by atoms with Crippen LogP contribution in [0.1, 0.15) is 5.56 Å². The molecule has 5 heteroatoms. The lowest BCUT2D eigenvalue weighted by Gasteiger charge is -2.05. The normalized spacial score (nSPS) is 11.0. The van der Waals surface area contributed by atoms with E-state index in [1.807, 2.05) is 42.7 Å². The molecule has 0 bridgehead atoms. The van der Waals surface area contributed by atoms with E-state index in [1.54, 1.807) is 10.7 Å². The molecule has 0 fully saturated rings. The Morgan fingerprint density at radius 3 is 2.61 bits per heavy atom. The average molecular weight is 301 g/mol. The summed E-state index contributed by atoms with van der Waals surface area (Å²) in [5.74, 6) is 0.429. The molecule has 23 heavy (non-hydrogen) atoms. The topological polar surface area (TPSA) is 69.1 Å². The average Bonchev–Trinajstić information content (AvgIpc) is 2.91. The monoisotopic (exact) mass is 301 g/mol. The fourth-order valence-electron chi connectivity index (χ4n) is 2.74. The Hall–Kier alpha value is -3.21. The number of anilines is 1. The second-order valence-electron chi connectivity index (χ2n) is 5.40. The summed E-state index contributed by atoms with van der Waals surface area (Å²) in [6.45, 7) is 2.08. The number of aryl methyl sites for hydroxylation is 1. The highest BCUT2D eigenvalue weighted by atomic mass is 15.3. The smallest absolute Gasteiger partial charge is 0.166 e. The summed E-state index contributed by atoms with van der Waals surface area (Å²) in [6.07, 6.45) is 5.54. The van der Waals surface area contributed by atoms with Gasteiger partial charge in [-0.05, 0) is 30.2 Å². The van der Waals surface area contributed by atoms with Crippen molar-refractivity contribution >= 4 is 11.5 Å². The standard InChI is InChI=1S/C18H15N5/c1-12-6-2-3-7-14(12)13-10-21-18-16(15-8-4-5-9-20-15)17(19)22-23(18)11-13/h2-11H,1H3,(H2,19,22). The minimum atomic E-state index is 0.429. The van der Waals surface area contributed by atoms with Crippen LogP contribution >= 0.6 is 0 Å². The van der Waals surface area contributed by atoms with Crippen LogP contribution in [0, 0.1) is 6.92 Å². The van der Waals surface area contributed by atoms with Crippen molar-refractivity contribution in [3.8, 4) is 22.4 Å². The van der Waals surface area contributed by atoms with E-state index in [0.29, 0.717) is 11.5 Å². The molecule has 0 amide bonds. The Bertz CT molecular complexity index is 989. The third kappa shape index (κ3) is 2.23. The molecule has 0 aliphatic rings. The van der Waals surface area contributed by atoms with E-state index in [9.17, 15) is 0 Å². The maximum atomic E-state index is 6.09. The number of nitrogens with zero attached hydrogens (tertiary/aromatic N) is 4. The number of hydrogen-bond acceptors (Lipinski definition) is 4. The molecule has 0 atom stereocenters. The molecule has 0 aliphatic carbocycles. The number of fused-ring (bicyclic) bond motifs is 1. The predicted molar refractivity (Wildman–Crippen MR) is 90.8 cm³/mol. The Balaban J connectivity index is 1.91. The summed E-state index contributed by atoms with van der Waals surface area (Å²) < 4.78 is 1.72. The number of rotatable bonds is 2. The van der Waals surface area contributed by atoms with Crippen molar-refractivity contribution < 1.29 is 0 Å². The fraction of sp³-hybridized carbons (Fsp3) is 0.0556. The molecule has 112 valence electrons. The number of nitrogens with two attached hydrogens (primary N) is 1. The Labute approximate surface area is 133 Å². The molecule has 4 aromatic rings. The fourth-order valence-corrected chi connectivity index (χ4v) is 2.74. The summed E-state index contributed by atoms with van der Waals surface area (Å²) in [6, 6.07) is 13.9. The zero-order valence-electron chi connectivity index (χ0n) is 12.6. The molecular weight excluding hydrogens is 286 g/mol. The number of hydrogen-bond donors (Lipinski definition) is 1. The molecule has 0 aliphatic heterocycles. The highest BCUT2D eigenvalue weighted by Crippen LogP contribution is 2.29. The molecule has 0 saturated heterocycles. The second-order valence-corrected chi connectivity index (χ2v) is 5.40. The number of benzene rings is 1. The number of aromatic nitrogens is 4. The van der Waals surface area contributed by atoms with Crippen molar-refractivity contribution in [1.29, 1.82) is 0 Å². The SMILES string of the molecule is Cc1ccccc1-c1cnc2c(-c3ccccn3)c(N)nn2c1. The highest BCUT2D eigenvalue weighted by molar-refractivity contribution is 5.84. The molecule has 2 N–H and O–H groups in total. The van der Waals surface area contributed by atoms with Gasteiger partial charge in [-0.1, -0.05) is 30.3 Å². The molecule has 3 aromatic heterocycles. The predicted octanol–water partition coefficient (Wildman–Crippen LogP) is 3.35. The van der Waals surface area contributed by atoms with Crippen LogP contribution in [0.5, 0.6) is 0 Å². The second kappa shape index (κ2) is 5.21. The van der Waals surface area contributed by atoms with Crippen molar-refractivity contribution in [2.75, 3.05) is 5.73 Å². The van der Waals surface area contributed by atoms with Crippen LogP contribution < -0.4 is 5.73 Å². The van der Waals surface area contributed by atoms with Gasteiger partial charge in [0.05, 0.1) is 11.3 Å². The summed E-state index contributed by atoms with van der Waals surface area (Å²) in [4.78, 5) is 8.93. The summed E-state index contributed by atoms with van der Waals surface area (Å²) in [5.41, 5.74) is 11.7. The van der Waals surface area contributed by atoms with Crippen molar-refractivity contribution in [3.63, 3.8) is 0 Å². The molecule has 4 rings (SSSR count). The Kier molecular flexibility index (Phi) is 3.05. The summed E-state index contributed by atoms with van der Waals surface area (Å²) in [7, 11) is 0. The third-order valence-corrected chi connectivity index (χ3v) is 3.88. The first-order valence-electron chi connectivity index (χ1n) is 7.35. The minimum absolute atomic E-state index is 0.429. The molecule has 0 spiro atoms. The van der Waals surface area contributed by atoms with E-state index < -0.39 is 0 Å².